The van der Waals surface area contributed by atoms with E-state index < -0.39 is 0 Å². The van der Waals surface area contributed by atoms with Crippen molar-refractivity contribution >= 4 is 35.1 Å². The number of aliphatic imine (C=N–C) groups is 1. The predicted molar refractivity (Wildman–Crippen MR) is 117 cm³/mol. The van der Waals surface area contributed by atoms with Gasteiger partial charge in [-0.05, 0) is 60.5 Å². The van der Waals surface area contributed by atoms with Crippen molar-refractivity contribution in [3.63, 3.8) is 0 Å². The van der Waals surface area contributed by atoms with Crippen LogP contribution in [0.15, 0.2) is 57.4 Å². The Balaban J connectivity index is 1.64. The van der Waals surface area contributed by atoms with Gasteiger partial charge in [0, 0.05) is 6.04 Å². The van der Waals surface area contributed by atoms with E-state index >= 15 is 0 Å². The van der Waals surface area contributed by atoms with Crippen LogP contribution in [0.25, 0.3) is 6.08 Å². The van der Waals surface area contributed by atoms with Crippen molar-refractivity contribution < 1.29 is 9.50 Å². The first-order valence-corrected chi connectivity index (χ1v) is 11.0. The maximum Gasteiger partial charge on any atom is 0.211 e. The Morgan fingerprint density at radius 3 is 2.70 bits per heavy atom. The molecule has 3 aromatic rings. The van der Waals surface area contributed by atoms with E-state index in [0.717, 1.165) is 51.6 Å². The lowest BCUT2D eigenvalue weighted by molar-refractivity contribution is 0.307. The van der Waals surface area contributed by atoms with Crippen LogP contribution in [-0.4, -0.2) is 16.0 Å². The lowest BCUT2D eigenvalue weighted by atomic mass is 9.95. The molecule has 1 aliphatic heterocycles. The highest BCUT2D eigenvalue weighted by molar-refractivity contribution is 7.10. The molecule has 1 saturated carbocycles. The highest BCUT2D eigenvalue weighted by Gasteiger charge is 2.22. The van der Waals surface area contributed by atoms with Crippen LogP contribution in [0.3, 0.4) is 0 Å². The minimum Gasteiger partial charge on any atom is -0.493 e. The molecule has 5 rings (SSSR count). The smallest absolute Gasteiger partial charge is 0.211 e. The molecule has 1 aromatic heterocycles. The molecule has 0 spiro atoms. The van der Waals surface area contributed by atoms with Gasteiger partial charge in [0.25, 0.3) is 0 Å². The molecule has 0 radical (unpaired) electrons. The van der Waals surface area contributed by atoms with Crippen molar-refractivity contribution in [2.75, 3.05) is 0 Å². The second kappa shape index (κ2) is 7.99. The monoisotopic (exact) mass is 420 g/mol. The Morgan fingerprint density at radius 2 is 1.90 bits per heavy atom. The zero-order valence-electron chi connectivity index (χ0n) is 16.3. The van der Waals surface area contributed by atoms with Gasteiger partial charge in [-0.3, -0.25) is 4.57 Å². The number of thiazole rings is 1. The van der Waals surface area contributed by atoms with Gasteiger partial charge in [0.2, 0.25) is 5.88 Å². The van der Waals surface area contributed by atoms with Crippen LogP contribution < -0.4 is 15.4 Å². The van der Waals surface area contributed by atoms with Gasteiger partial charge in [0.05, 0.1) is 21.6 Å². The lowest BCUT2D eigenvalue weighted by Gasteiger charge is -2.23. The average molecular weight is 421 g/mol. The predicted octanol–water partition coefficient (Wildman–Crippen LogP) is 4.25. The van der Waals surface area contributed by atoms with Crippen LogP contribution in [0, 0.1) is 5.82 Å². The fourth-order valence-corrected chi connectivity index (χ4v) is 5.08. The second-order valence-corrected chi connectivity index (χ2v) is 8.60. The van der Waals surface area contributed by atoms with Crippen molar-refractivity contribution in [2.45, 2.75) is 38.1 Å². The first kappa shape index (κ1) is 18.9. The van der Waals surface area contributed by atoms with E-state index in [-0.39, 0.29) is 17.7 Å². The minimum absolute atomic E-state index is 0.222. The Kier molecular flexibility index (Phi) is 5.04. The number of fused-ring (bicyclic) bond motifs is 1. The van der Waals surface area contributed by atoms with Gasteiger partial charge in [-0.15, -0.1) is 0 Å². The van der Waals surface area contributed by atoms with E-state index in [1.807, 2.05) is 28.8 Å². The summed E-state index contributed by atoms with van der Waals surface area (Å²) in [5.74, 6) is -0.0513. The molecule has 0 unspecified atom stereocenters. The Bertz CT molecular complexity index is 1300. The van der Waals surface area contributed by atoms with E-state index in [1.165, 1.54) is 29.9 Å². The molecule has 2 heterocycles. The molecular weight excluding hydrogens is 399 g/mol. The standard InChI is InChI=1S/C23H21FN4OS/c24-16-7-9-17(10-8-16)27-23-28(18-4-2-1-3-5-18)22(29)21(30-23)13-15-6-11-19-20(12-15)26-14-25-19/h6-14,18,29H,1-5H2. The lowest BCUT2D eigenvalue weighted by Crippen LogP contribution is -2.22. The van der Waals surface area contributed by atoms with Crippen LogP contribution >= 0.6 is 11.3 Å². The summed E-state index contributed by atoms with van der Waals surface area (Å²) in [6.45, 7) is 0. The van der Waals surface area contributed by atoms with Crippen molar-refractivity contribution in [3.8, 4) is 5.88 Å². The number of nitrogens with zero attached hydrogens (tertiary/aromatic N) is 4. The summed E-state index contributed by atoms with van der Waals surface area (Å²) < 4.78 is 15.3. The van der Waals surface area contributed by atoms with Crippen LogP contribution in [0.4, 0.5) is 15.8 Å². The molecule has 2 aliphatic rings. The van der Waals surface area contributed by atoms with Crippen LogP contribution in [0.1, 0.15) is 43.0 Å². The van der Waals surface area contributed by atoms with Gasteiger partial charge in [-0.2, -0.15) is 0 Å². The highest BCUT2D eigenvalue weighted by atomic mass is 32.1. The van der Waals surface area contributed by atoms with Gasteiger partial charge in [-0.1, -0.05) is 36.7 Å². The number of aromatic hydroxyl groups is 1. The summed E-state index contributed by atoms with van der Waals surface area (Å²) in [4.78, 5) is 14.7. The normalized spacial score (nSPS) is 17.4. The molecule has 1 N–H and O–H groups in total. The number of aromatic nitrogens is 1. The number of benzene rings is 2. The molecular formula is C23H21FN4OS. The third-order valence-electron chi connectivity index (χ3n) is 5.54. The first-order valence-electron chi connectivity index (χ1n) is 10.1. The molecule has 5 nitrogen and oxygen atoms in total. The largest absolute Gasteiger partial charge is 0.493 e. The van der Waals surface area contributed by atoms with Crippen LogP contribution in [0.5, 0.6) is 5.88 Å². The quantitative estimate of drug-likeness (QED) is 0.676. The van der Waals surface area contributed by atoms with Crippen LogP contribution in [0.2, 0.25) is 0 Å². The van der Waals surface area contributed by atoms with Gasteiger partial charge in [0.1, 0.15) is 12.2 Å². The summed E-state index contributed by atoms with van der Waals surface area (Å²) in [5, 5.41) is 12.9. The molecule has 152 valence electrons. The van der Waals surface area contributed by atoms with Crippen molar-refractivity contribution in [3.05, 3.63) is 68.5 Å². The van der Waals surface area contributed by atoms with Crippen molar-refractivity contribution in [1.82, 2.24) is 4.57 Å². The fraction of sp³-hybridized carbons (Fsp3) is 0.261. The highest BCUT2D eigenvalue weighted by Crippen LogP contribution is 2.33. The molecule has 0 atom stereocenters. The van der Waals surface area contributed by atoms with E-state index in [1.54, 1.807) is 18.5 Å². The Labute approximate surface area is 176 Å². The maximum atomic E-state index is 13.3. The first-order chi connectivity index (χ1) is 14.7. The number of rotatable bonds is 3. The fourth-order valence-electron chi connectivity index (χ4n) is 4.02. The number of hydrogen-bond acceptors (Lipinski definition) is 5. The maximum absolute atomic E-state index is 13.3. The van der Waals surface area contributed by atoms with Gasteiger partial charge >= 0.3 is 0 Å². The average Bonchev–Trinajstić information content (AvgIpc) is 3.34. The van der Waals surface area contributed by atoms with Crippen molar-refractivity contribution in [2.24, 2.45) is 15.0 Å². The summed E-state index contributed by atoms with van der Waals surface area (Å²) in [6.07, 6.45) is 9.07. The SMILES string of the molecule is Oc1c(C=c2ccc3c(c2)N=CN=3)sc(=Nc2ccc(F)cc2)n1C1CCCCC1. The minimum atomic E-state index is -0.289. The third kappa shape index (κ3) is 3.73. The van der Waals surface area contributed by atoms with E-state index in [4.69, 9.17) is 4.99 Å². The Hall–Kier alpha value is -3.06. The molecule has 0 bridgehead atoms. The molecule has 2 aromatic carbocycles. The van der Waals surface area contributed by atoms with E-state index in [9.17, 15) is 9.50 Å². The van der Waals surface area contributed by atoms with Gasteiger partial charge in [-0.25, -0.2) is 19.4 Å². The topological polar surface area (TPSA) is 62.2 Å². The van der Waals surface area contributed by atoms with E-state index in [0.29, 0.717) is 5.69 Å². The second-order valence-electron chi connectivity index (χ2n) is 7.59. The zero-order valence-corrected chi connectivity index (χ0v) is 17.1. The zero-order chi connectivity index (χ0) is 20.5. The molecule has 7 heteroatoms. The van der Waals surface area contributed by atoms with E-state index in [2.05, 4.69) is 9.98 Å². The van der Waals surface area contributed by atoms with Crippen LogP contribution in [-0.2, 0) is 0 Å². The summed E-state index contributed by atoms with van der Waals surface area (Å²) in [6, 6.07) is 12.2. The molecule has 1 fully saturated rings. The van der Waals surface area contributed by atoms with Gasteiger partial charge < -0.3 is 5.11 Å². The summed E-state index contributed by atoms with van der Waals surface area (Å²) in [5.41, 5.74) is 1.50. The summed E-state index contributed by atoms with van der Waals surface area (Å²) >= 11 is 1.44. The molecule has 0 amide bonds. The molecule has 1 aliphatic carbocycles. The van der Waals surface area contributed by atoms with Crippen molar-refractivity contribution in [1.29, 1.82) is 0 Å². The molecule has 30 heavy (non-hydrogen) atoms. The number of halogens is 1. The third-order valence-corrected chi connectivity index (χ3v) is 6.53. The summed E-state index contributed by atoms with van der Waals surface area (Å²) in [7, 11) is 0. The van der Waals surface area contributed by atoms with Gasteiger partial charge in [0.15, 0.2) is 4.80 Å². The Morgan fingerprint density at radius 1 is 1.10 bits per heavy atom. The molecule has 0 saturated heterocycles. The number of hydrogen-bond donors (Lipinski definition) is 1.